The fourth-order valence-corrected chi connectivity index (χ4v) is 4.44. The molecule has 8 heteroatoms. The van der Waals surface area contributed by atoms with E-state index in [4.69, 9.17) is 9.47 Å². The summed E-state index contributed by atoms with van der Waals surface area (Å²) < 4.78 is 41.6. The lowest BCUT2D eigenvalue weighted by Crippen LogP contribution is -2.37. The number of carbonyl (C=O) groups is 1. The predicted octanol–water partition coefficient (Wildman–Crippen LogP) is 6.07. The Morgan fingerprint density at radius 1 is 1.08 bits per heavy atom. The number of halogens is 2. The molecule has 37 heavy (non-hydrogen) atoms. The highest BCUT2D eigenvalue weighted by Gasteiger charge is 2.28. The van der Waals surface area contributed by atoms with Gasteiger partial charge in [0.25, 0.3) is 5.91 Å². The average Bonchev–Trinajstić information content (AvgIpc) is 3.54. The highest BCUT2D eigenvalue weighted by Crippen LogP contribution is 2.33. The lowest BCUT2D eigenvalue weighted by molar-refractivity contribution is 0.0505. The van der Waals surface area contributed by atoms with Gasteiger partial charge in [0.15, 0.2) is 11.6 Å². The summed E-state index contributed by atoms with van der Waals surface area (Å²) >= 11 is 0. The Kier molecular flexibility index (Phi) is 7.28. The van der Waals surface area contributed by atoms with Crippen LogP contribution >= 0.6 is 0 Å². The Morgan fingerprint density at radius 3 is 2.49 bits per heavy atom. The first kappa shape index (κ1) is 24.6. The van der Waals surface area contributed by atoms with Gasteiger partial charge in [-0.3, -0.25) is 4.79 Å². The number of aryl methyl sites for hydroxylation is 1. The van der Waals surface area contributed by atoms with Crippen molar-refractivity contribution in [3.63, 3.8) is 0 Å². The zero-order chi connectivity index (χ0) is 25.8. The Balaban J connectivity index is 1.56. The summed E-state index contributed by atoms with van der Waals surface area (Å²) in [5.74, 6) is -1.57. The van der Waals surface area contributed by atoms with Gasteiger partial charge in [0, 0.05) is 24.8 Å². The summed E-state index contributed by atoms with van der Waals surface area (Å²) in [5.41, 5.74) is 2.50. The third kappa shape index (κ3) is 5.54. The largest absolute Gasteiger partial charge is 0.435 e. The molecule has 1 aromatic heterocycles. The number of benzene rings is 3. The molecule has 1 saturated heterocycles. The van der Waals surface area contributed by atoms with Gasteiger partial charge in [0.2, 0.25) is 5.88 Å². The van der Waals surface area contributed by atoms with Gasteiger partial charge >= 0.3 is 0 Å². The molecule has 1 amide bonds. The molecule has 3 aromatic carbocycles. The highest BCUT2D eigenvalue weighted by molar-refractivity contribution is 5.94. The molecule has 0 unspecified atom stereocenters. The topological polar surface area (TPSA) is 56.6 Å². The summed E-state index contributed by atoms with van der Waals surface area (Å²) in [6.45, 7) is 3.06. The summed E-state index contributed by atoms with van der Waals surface area (Å²) in [7, 11) is 0. The van der Waals surface area contributed by atoms with Crippen molar-refractivity contribution in [2.24, 2.45) is 0 Å². The molecular weight excluding hydrogens is 476 g/mol. The molecule has 4 aromatic rings. The number of para-hydroxylation sites is 1. The van der Waals surface area contributed by atoms with Gasteiger partial charge in [-0.2, -0.15) is 5.10 Å². The van der Waals surface area contributed by atoms with E-state index in [1.807, 2.05) is 55.5 Å². The zero-order valence-corrected chi connectivity index (χ0v) is 20.4. The van der Waals surface area contributed by atoms with Crippen molar-refractivity contribution in [2.75, 3.05) is 13.2 Å². The van der Waals surface area contributed by atoms with Crippen LogP contribution in [0, 0.1) is 18.6 Å². The molecule has 2 heterocycles. The van der Waals surface area contributed by atoms with Crippen molar-refractivity contribution < 1.29 is 23.0 Å². The van der Waals surface area contributed by atoms with Gasteiger partial charge in [0.05, 0.1) is 29.6 Å². The number of carbonyl (C=O) groups excluding carboxylic acids is 1. The molecule has 0 spiro atoms. The van der Waals surface area contributed by atoms with E-state index in [-0.39, 0.29) is 30.2 Å². The van der Waals surface area contributed by atoms with Crippen molar-refractivity contribution in [3.8, 4) is 17.3 Å². The minimum Gasteiger partial charge on any atom is -0.435 e. The van der Waals surface area contributed by atoms with E-state index in [2.05, 4.69) is 5.10 Å². The van der Waals surface area contributed by atoms with Crippen LogP contribution in [0.15, 0.2) is 78.9 Å². The van der Waals surface area contributed by atoms with Crippen molar-refractivity contribution >= 4 is 5.91 Å². The molecular formula is C29H27F2N3O3. The van der Waals surface area contributed by atoms with Crippen molar-refractivity contribution in [1.29, 1.82) is 0 Å². The Labute approximate surface area is 214 Å². The fourth-order valence-electron chi connectivity index (χ4n) is 4.44. The van der Waals surface area contributed by atoms with Gasteiger partial charge in [-0.1, -0.05) is 36.4 Å². The second-order valence-corrected chi connectivity index (χ2v) is 8.98. The molecule has 1 atom stereocenters. The smallest absolute Gasteiger partial charge is 0.254 e. The summed E-state index contributed by atoms with van der Waals surface area (Å²) in [6, 6.07) is 21.5. The quantitative estimate of drug-likeness (QED) is 0.293. The molecule has 0 bridgehead atoms. The van der Waals surface area contributed by atoms with Gasteiger partial charge in [0.1, 0.15) is 5.82 Å². The van der Waals surface area contributed by atoms with Gasteiger partial charge in [-0.15, -0.1) is 0 Å². The number of ether oxygens (including phenoxy) is 2. The van der Waals surface area contributed by atoms with Gasteiger partial charge in [-0.25, -0.2) is 13.5 Å². The van der Waals surface area contributed by atoms with Crippen LogP contribution in [0.1, 0.15) is 34.5 Å². The molecule has 0 saturated carbocycles. The monoisotopic (exact) mass is 503 g/mol. The van der Waals surface area contributed by atoms with Crippen LogP contribution < -0.4 is 4.74 Å². The van der Waals surface area contributed by atoms with Crippen LogP contribution in [-0.4, -0.2) is 39.8 Å². The highest BCUT2D eigenvalue weighted by atomic mass is 19.1. The molecule has 1 aliphatic heterocycles. The molecule has 0 radical (unpaired) electrons. The lowest BCUT2D eigenvalue weighted by Gasteiger charge is -2.26. The van der Waals surface area contributed by atoms with Crippen LogP contribution in [0.5, 0.6) is 11.6 Å². The zero-order valence-electron chi connectivity index (χ0n) is 20.4. The first-order chi connectivity index (χ1) is 18.0. The van der Waals surface area contributed by atoms with E-state index in [1.54, 1.807) is 21.7 Å². The number of aromatic nitrogens is 2. The fraction of sp³-hybridized carbons (Fsp3) is 0.241. The minimum absolute atomic E-state index is 0.0731. The second-order valence-electron chi connectivity index (χ2n) is 8.98. The lowest BCUT2D eigenvalue weighted by atomic mass is 10.1. The second kappa shape index (κ2) is 10.9. The first-order valence-electron chi connectivity index (χ1n) is 12.2. The molecule has 1 aliphatic rings. The number of rotatable bonds is 8. The maximum Gasteiger partial charge on any atom is 0.254 e. The van der Waals surface area contributed by atoms with Crippen molar-refractivity contribution in [1.82, 2.24) is 14.7 Å². The number of hydrogen-bond acceptors (Lipinski definition) is 4. The third-order valence-corrected chi connectivity index (χ3v) is 6.34. The molecule has 190 valence electrons. The van der Waals surface area contributed by atoms with E-state index in [9.17, 15) is 13.6 Å². The number of nitrogens with zero attached hydrogens (tertiary/aromatic N) is 3. The van der Waals surface area contributed by atoms with Crippen LogP contribution in [0.2, 0.25) is 0 Å². The van der Waals surface area contributed by atoms with E-state index in [1.165, 1.54) is 6.07 Å². The Bertz CT molecular complexity index is 1370. The van der Waals surface area contributed by atoms with E-state index in [0.29, 0.717) is 35.7 Å². The van der Waals surface area contributed by atoms with Crippen LogP contribution in [-0.2, 0) is 11.3 Å². The molecule has 0 aliphatic carbocycles. The summed E-state index contributed by atoms with van der Waals surface area (Å²) in [5, 5.41) is 4.67. The van der Waals surface area contributed by atoms with Crippen molar-refractivity contribution in [2.45, 2.75) is 32.4 Å². The molecule has 0 N–H and O–H groups in total. The first-order valence-corrected chi connectivity index (χ1v) is 12.2. The van der Waals surface area contributed by atoms with Crippen LogP contribution in [0.3, 0.4) is 0 Å². The number of amides is 1. The van der Waals surface area contributed by atoms with Gasteiger partial charge in [-0.05, 0) is 56.2 Å². The van der Waals surface area contributed by atoms with Gasteiger partial charge < -0.3 is 14.4 Å². The molecule has 6 nitrogen and oxygen atoms in total. The normalized spacial score (nSPS) is 15.1. The predicted molar refractivity (Wildman–Crippen MR) is 135 cm³/mol. The van der Waals surface area contributed by atoms with Crippen LogP contribution in [0.4, 0.5) is 8.78 Å². The SMILES string of the molecule is Cc1nn(-c2ccccc2)c(Oc2ccc(F)cc2F)c1CN(C[C@@H]1CCCO1)C(=O)c1ccccc1. The van der Waals surface area contributed by atoms with E-state index >= 15 is 0 Å². The van der Waals surface area contributed by atoms with E-state index < -0.39 is 11.6 Å². The third-order valence-electron chi connectivity index (χ3n) is 6.34. The van der Waals surface area contributed by atoms with Crippen LogP contribution in [0.25, 0.3) is 5.69 Å². The maximum atomic E-state index is 14.6. The average molecular weight is 504 g/mol. The Morgan fingerprint density at radius 2 is 1.81 bits per heavy atom. The van der Waals surface area contributed by atoms with Crippen molar-refractivity contribution in [3.05, 3.63) is 107 Å². The standard InChI is InChI=1S/C29H27F2N3O3/c1-20-25(19-33(18-24-13-8-16-36-24)28(35)21-9-4-2-5-10-21)29(34(32-20)23-11-6-3-7-12-23)37-27-15-14-22(30)17-26(27)31/h2-7,9-12,14-15,17,24H,8,13,16,18-19H2,1H3/t24-/m0/s1. The Hall–Kier alpha value is -4.04. The van der Waals surface area contributed by atoms with E-state index in [0.717, 1.165) is 25.0 Å². The summed E-state index contributed by atoms with van der Waals surface area (Å²) in [4.78, 5) is 15.3. The molecule has 1 fully saturated rings. The summed E-state index contributed by atoms with van der Waals surface area (Å²) in [6.07, 6.45) is 1.74. The number of hydrogen-bond donors (Lipinski definition) is 0. The minimum atomic E-state index is -0.832. The molecule has 5 rings (SSSR count). The maximum absolute atomic E-state index is 14.6.